The van der Waals surface area contributed by atoms with Gasteiger partial charge in [0, 0.05) is 22.2 Å². The average Bonchev–Trinajstić information content (AvgIpc) is 3.10. The van der Waals surface area contributed by atoms with Gasteiger partial charge in [0.15, 0.2) is 5.13 Å². The summed E-state index contributed by atoms with van der Waals surface area (Å²) < 4.78 is 34.0. The van der Waals surface area contributed by atoms with Crippen molar-refractivity contribution in [1.82, 2.24) is 9.29 Å². The van der Waals surface area contributed by atoms with Crippen LogP contribution >= 0.6 is 33.9 Å². The molecule has 0 aliphatic carbocycles. The van der Waals surface area contributed by atoms with E-state index in [1.54, 1.807) is 30.3 Å². The Hall–Kier alpha value is -1.60. The first-order chi connectivity index (χ1) is 13.4. The van der Waals surface area contributed by atoms with Crippen molar-refractivity contribution in [1.29, 1.82) is 0 Å². The molecule has 0 unspecified atom stereocenters. The molecule has 146 valence electrons. The first kappa shape index (κ1) is 19.7. The van der Waals surface area contributed by atoms with Gasteiger partial charge in [0.2, 0.25) is 10.0 Å². The van der Waals surface area contributed by atoms with Crippen LogP contribution in [0.4, 0.5) is 5.13 Å². The third-order valence-electron chi connectivity index (χ3n) is 4.29. The van der Waals surface area contributed by atoms with E-state index in [2.05, 4.69) is 32.9 Å². The van der Waals surface area contributed by atoms with E-state index in [1.807, 2.05) is 12.1 Å². The molecule has 0 bridgehead atoms. The highest BCUT2D eigenvalue weighted by Gasteiger charge is 2.26. The number of hydrogen-bond donors (Lipinski definition) is 1. The Balaban J connectivity index is 1.58. The zero-order valence-electron chi connectivity index (χ0n) is 14.6. The van der Waals surface area contributed by atoms with Crippen molar-refractivity contribution in [3.05, 3.63) is 51.6 Å². The van der Waals surface area contributed by atoms with Crippen LogP contribution in [0.3, 0.4) is 0 Å². The third-order valence-corrected chi connectivity index (χ3v) is 7.84. The summed E-state index contributed by atoms with van der Waals surface area (Å²) in [4.78, 5) is 17.0. The van der Waals surface area contributed by atoms with Gasteiger partial charge in [-0.05, 0) is 65.1 Å². The van der Waals surface area contributed by atoms with Crippen LogP contribution in [0.2, 0.25) is 0 Å². The van der Waals surface area contributed by atoms with Gasteiger partial charge >= 0.3 is 0 Å². The number of hydrogen-bond acceptors (Lipinski definition) is 6. The molecule has 1 fully saturated rings. The van der Waals surface area contributed by atoms with Crippen LogP contribution in [0.25, 0.3) is 10.2 Å². The van der Waals surface area contributed by atoms with Gasteiger partial charge in [-0.1, -0.05) is 11.3 Å². The molecule has 2 aromatic carbocycles. The summed E-state index contributed by atoms with van der Waals surface area (Å²) in [6.07, 6.45) is 0. The number of anilines is 1. The molecule has 0 saturated carbocycles. The van der Waals surface area contributed by atoms with Crippen LogP contribution in [-0.2, 0) is 14.8 Å². The van der Waals surface area contributed by atoms with Crippen LogP contribution in [0.5, 0.6) is 0 Å². The van der Waals surface area contributed by atoms with Crippen LogP contribution in [0.1, 0.15) is 10.4 Å². The van der Waals surface area contributed by atoms with E-state index < -0.39 is 10.0 Å². The molecule has 2 heterocycles. The minimum Gasteiger partial charge on any atom is -0.379 e. The molecule has 4 rings (SSSR count). The smallest absolute Gasteiger partial charge is 0.257 e. The Kier molecular flexibility index (Phi) is 5.65. The number of thiazole rings is 1. The second-order valence-electron chi connectivity index (χ2n) is 6.13. The number of carbonyl (C=O) groups is 1. The molecule has 3 aromatic rings. The van der Waals surface area contributed by atoms with Gasteiger partial charge in [-0.15, -0.1) is 0 Å². The number of rotatable bonds is 4. The molecular weight excluding hydrogens is 513 g/mol. The molecule has 28 heavy (non-hydrogen) atoms. The quantitative estimate of drug-likeness (QED) is 0.525. The van der Waals surface area contributed by atoms with Crippen molar-refractivity contribution in [3.63, 3.8) is 0 Å². The van der Waals surface area contributed by atoms with Gasteiger partial charge in [-0.3, -0.25) is 10.1 Å². The summed E-state index contributed by atoms with van der Waals surface area (Å²) in [6, 6.07) is 12.0. The van der Waals surface area contributed by atoms with E-state index in [1.165, 1.54) is 15.6 Å². The number of benzene rings is 2. The lowest BCUT2D eigenvalue weighted by Crippen LogP contribution is -2.40. The third kappa shape index (κ3) is 4.06. The lowest BCUT2D eigenvalue weighted by molar-refractivity contribution is 0.0730. The average molecular weight is 529 g/mol. The SMILES string of the molecule is O=C(Nc1nc2ccc(S(=O)(=O)N3CCOCC3)cc2s1)c1ccc(I)cc1. The minimum absolute atomic E-state index is 0.223. The van der Waals surface area contributed by atoms with Gasteiger partial charge in [-0.25, -0.2) is 13.4 Å². The normalized spacial score (nSPS) is 15.6. The zero-order valence-corrected chi connectivity index (χ0v) is 18.4. The van der Waals surface area contributed by atoms with Crippen molar-refractivity contribution < 1.29 is 17.9 Å². The predicted molar refractivity (Wildman–Crippen MR) is 116 cm³/mol. The number of halogens is 1. The molecule has 1 aliphatic heterocycles. The second kappa shape index (κ2) is 8.03. The highest BCUT2D eigenvalue weighted by molar-refractivity contribution is 14.1. The van der Waals surface area contributed by atoms with Gasteiger partial charge < -0.3 is 4.74 Å². The van der Waals surface area contributed by atoms with Crippen molar-refractivity contribution >= 4 is 65.2 Å². The number of nitrogens with zero attached hydrogens (tertiary/aromatic N) is 2. The number of fused-ring (bicyclic) bond motifs is 1. The number of morpholine rings is 1. The van der Waals surface area contributed by atoms with Crippen molar-refractivity contribution in [2.75, 3.05) is 31.6 Å². The van der Waals surface area contributed by atoms with E-state index in [-0.39, 0.29) is 10.8 Å². The molecule has 10 heteroatoms. The van der Waals surface area contributed by atoms with Gasteiger partial charge in [0.05, 0.1) is 28.3 Å². The van der Waals surface area contributed by atoms with Gasteiger partial charge in [0.1, 0.15) is 0 Å². The van der Waals surface area contributed by atoms with Crippen molar-refractivity contribution in [2.45, 2.75) is 4.90 Å². The van der Waals surface area contributed by atoms with Crippen LogP contribution in [0.15, 0.2) is 47.4 Å². The monoisotopic (exact) mass is 529 g/mol. The standard InChI is InChI=1S/C18H16IN3O4S2/c19-13-3-1-12(2-4-13)17(23)21-18-20-15-6-5-14(11-16(15)27-18)28(24,25)22-7-9-26-10-8-22/h1-6,11H,7-10H2,(H,20,21,23). The number of amides is 1. The molecule has 0 spiro atoms. The van der Waals surface area contributed by atoms with E-state index in [0.29, 0.717) is 47.2 Å². The maximum absolute atomic E-state index is 12.8. The van der Waals surface area contributed by atoms with Gasteiger partial charge in [-0.2, -0.15) is 4.31 Å². The Morgan fingerprint density at radius 3 is 2.57 bits per heavy atom. The van der Waals surface area contributed by atoms with E-state index in [4.69, 9.17) is 4.74 Å². The number of carbonyl (C=O) groups excluding carboxylic acids is 1. The highest BCUT2D eigenvalue weighted by atomic mass is 127. The maximum Gasteiger partial charge on any atom is 0.257 e. The summed E-state index contributed by atoms with van der Waals surface area (Å²) in [5, 5.41) is 3.21. The Labute approximate surface area is 179 Å². The number of sulfonamides is 1. The topological polar surface area (TPSA) is 88.6 Å². The summed E-state index contributed by atoms with van der Waals surface area (Å²) in [6.45, 7) is 1.49. The molecular formula is C18H16IN3O4S2. The van der Waals surface area contributed by atoms with Crippen LogP contribution < -0.4 is 5.32 Å². The van der Waals surface area contributed by atoms with E-state index in [9.17, 15) is 13.2 Å². The first-order valence-corrected chi connectivity index (χ1v) is 11.8. The minimum atomic E-state index is -3.57. The van der Waals surface area contributed by atoms with E-state index >= 15 is 0 Å². The molecule has 1 aliphatic rings. The second-order valence-corrected chi connectivity index (χ2v) is 10.3. The maximum atomic E-state index is 12.8. The largest absolute Gasteiger partial charge is 0.379 e. The fraction of sp³-hybridized carbons (Fsp3) is 0.222. The molecule has 1 saturated heterocycles. The number of aromatic nitrogens is 1. The predicted octanol–water partition coefficient (Wildman–Crippen LogP) is 3.17. The molecule has 7 nitrogen and oxygen atoms in total. The molecule has 1 N–H and O–H groups in total. The lowest BCUT2D eigenvalue weighted by atomic mass is 10.2. The van der Waals surface area contributed by atoms with Crippen molar-refractivity contribution in [2.24, 2.45) is 0 Å². The zero-order chi connectivity index (χ0) is 19.7. The molecule has 1 amide bonds. The van der Waals surface area contributed by atoms with Crippen LogP contribution in [-0.4, -0.2) is 49.9 Å². The Morgan fingerprint density at radius 1 is 1.14 bits per heavy atom. The Morgan fingerprint density at radius 2 is 1.86 bits per heavy atom. The first-order valence-electron chi connectivity index (χ1n) is 8.49. The molecule has 0 atom stereocenters. The lowest BCUT2D eigenvalue weighted by Gasteiger charge is -2.25. The summed E-state index contributed by atoms with van der Waals surface area (Å²) in [7, 11) is -3.57. The fourth-order valence-corrected chi connectivity index (χ4v) is 5.59. The highest BCUT2D eigenvalue weighted by Crippen LogP contribution is 2.29. The molecule has 1 aromatic heterocycles. The summed E-state index contributed by atoms with van der Waals surface area (Å²) >= 11 is 3.42. The van der Waals surface area contributed by atoms with Crippen LogP contribution in [0, 0.1) is 3.57 Å². The van der Waals surface area contributed by atoms with Crippen molar-refractivity contribution in [3.8, 4) is 0 Å². The van der Waals surface area contributed by atoms with Gasteiger partial charge in [0.25, 0.3) is 5.91 Å². The number of ether oxygens (including phenoxy) is 1. The molecule has 0 radical (unpaired) electrons. The summed E-state index contributed by atoms with van der Waals surface area (Å²) in [5.41, 5.74) is 1.18. The number of nitrogens with one attached hydrogen (secondary N) is 1. The fourth-order valence-electron chi connectivity index (χ4n) is 2.83. The van der Waals surface area contributed by atoms with E-state index in [0.717, 1.165) is 3.57 Å². The Bertz CT molecular complexity index is 1120. The summed E-state index contributed by atoms with van der Waals surface area (Å²) in [5.74, 6) is -0.253.